The van der Waals surface area contributed by atoms with Crippen LogP contribution in [0.3, 0.4) is 0 Å². The number of ether oxygens (including phenoxy) is 1. The van der Waals surface area contributed by atoms with Crippen LogP contribution in [0.25, 0.3) is 0 Å². The second-order valence-corrected chi connectivity index (χ2v) is 4.42. The highest BCUT2D eigenvalue weighted by atomic mass is 19.1. The van der Waals surface area contributed by atoms with Gasteiger partial charge in [0.2, 0.25) is 0 Å². The molecule has 4 nitrogen and oxygen atoms in total. The molecule has 1 aromatic heterocycles. The molecule has 1 aromatic rings. The van der Waals surface area contributed by atoms with E-state index < -0.39 is 17.5 Å². The highest BCUT2D eigenvalue weighted by Gasteiger charge is 2.17. The highest BCUT2D eigenvalue weighted by Crippen LogP contribution is 2.17. The van der Waals surface area contributed by atoms with Crippen LogP contribution in [0.15, 0.2) is 12.4 Å². The first-order valence-corrected chi connectivity index (χ1v) is 5.90. The zero-order valence-corrected chi connectivity index (χ0v) is 11.8. The molecule has 0 spiro atoms. The molecule has 18 heavy (non-hydrogen) atoms. The molecule has 1 N–H and O–H groups in total. The van der Waals surface area contributed by atoms with Gasteiger partial charge in [-0.3, -0.25) is 10.3 Å². The maximum atomic E-state index is 13.1. The summed E-state index contributed by atoms with van der Waals surface area (Å²) < 4.78 is 18.1. The summed E-state index contributed by atoms with van der Waals surface area (Å²) >= 11 is 0. The zero-order valence-electron chi connectivity index (χ0n) is 11.8. The number of anilines is 1. The number of nitrogens with zero attached hydrogens (tertiary/aromatic N) is 1. The molecule has 0 bridgehead atoms. The van der Waals surface area contributed by atoms with Crippen LogP contribution in [-0.2, 0) is 4.74 Å². The Kier molecular flexibility index (Phi) is 6.30. The fourth-order valence-corrected chi connectivity index (χ4v) is 1.04. The molecule has 0 atom stereocenters. The molecule has 1 heterocycles. The number of rotatable bonds is 1. The minimum Gasteiger partial charge on any atom is -0.444 e. The van der Waals surface area contributed by atoms with Gasteiger partial charge in [-0.2, -0.15) is 0 Å². The van der Waals surface area contributed by atoms with Crippen molar-refractivity contribution >= 4 is 11.8 Å². The number of amides is 1. The van der Waals surface area contributed by atoms with E-state index in [4.69, 9.17) is 4.74 Å². The molecule has 102 valence electrons. The first-order valence-electron chi connectivity index (χ1n) is 5.90. The van der Waals surface area contributed by atoms with Crippen LogP contribution in [-0.4, -0.2) is 16.7 Å². The number of halogens is 1. The van der Waals surface area contributed by atoms with Gasteiger partial charge in [-0.05, 0) is 27.7 Å². The molecule has 0 unspecified atom stereocenters. The van der Waals surface area contributed by atoms with Crippen molar-refractivity contribution in [1.82, 2.24) is 4.98 Å². The van der Waals surface area contributed by atoms with Crippen molar-refractivity contribution in [3.05, 3.63) is 23.8 Å². The second-order valence-electron chi connectivity index (χ2n) is 4.42. The van der Waals surface area contributed by atoms with Crippen molar-refractivity contribution in [3.8, 4) is 0 Å². The van der Waals surface area contributed by atoms with Crippen molar-refractivity contribution < 1.29 is 13.9 Å². The molecule has 0 fully saturated rings. The molecule has 0 radical (unpaired) electrons. The molecule has 0 saturated carbocycles. The Morgan fingerprint density at radius 1 is 1.33 bits per heavy atom. The Balaban J connectivity index is 0.00000137. The third kappa shape index (κ3) is 5.61. The van der Waals surface area contributed by atoms with Crippen molar-refractivity contribution in [2.75, 3.05) is 5.32 Å². The minimum atomic E-state index is -0.622. The summed E-state index contributed by atoms with van der Waals surface area (Å²) in [7, 11) is 0. The lowest BCUT2D eigenvalue weighted by Crippen LogP contribution is -2.27. The van der Waals surface area contributed by atoms with E-state index in [1.807, 2.05) is 13.8 Å². The minimum absolute atomic E-state index is 0.314. The fraction of sp³-hybridized carbons (Fsp3) is 0.538. The molecular weight excluding hydrogens is 235 g/mol. The molecule has 0 saturated heterocycles. The van der Waals surface area contributed by atoms with Crippen molar-refractivity contribution in [2.24, 2.45) is 0 Å². The van der Waals surface area contributed by atoms with Crippen molar-refractivity contribution in [3.63, 3.8) is 0 Å². The quantitative estimate of drug-likeness (QED) is 0.829. The van der Waals surface area contributed by atoms with Gasteiger partial charge in [-0.1, -0.05) is 13.8 Å². The van der Waals surface area contributed by atoms with Crippen molar-refractivity contribution in [2.45, 2.75) is 47.1 Å². The van der Waals surface area contributed by atoms with Crippen LogP contribution in [0.2, 0.25) is 0 Å². The average molecular weight is 256 g/mol. The summed E-state index contributed by atoms with van der Waals surface area (Å²) in [4.78, 5) is 15.1. The standard InChI is InChI=1S/C11H15FN2O2.C2H6/c1-7-8(12)5-13-6-9(7)14-10(15)16-11(2,3)4;1-2/h5-6H,1-4H3,(H,14,15);1-2H3. The monoisotopic (exact) mass is 256 g/mol. The van der Waals surface area contributed by atoms with E-state index in [1.165, 1.54) is 6.20 Å². The van der Waals surface area contributed by atoms with E-state index >= 15 is 0 Å². The third-order valence-corrected chi connectivity index (χ3v) is 1.79. The summed E-state index contributed by atoms with van der Waals surface area (Å²) in [6.45, 7) is 10.8. The number of nitrogens with one attached hydrogen (secondary N) is 1. The summed E-state index contributed by atoms with van der Waals surface area (Å²) in [5.74, 6) is -0.464. The van der Waals surface area contributed by atoms with Gasteiger partial charge in [-0.15, -0.1) is 0 Å². The first-order chi connectivity index (χ1) is 8.29. The lowest BCUT2D eigenvalue weighted by Gasteiger charge is -2.20. The van der Waals surface area contributed by atoms with Gasteiger partial charge in [0, 0.05) is 5.56 Å². The van der Waals surface area contributed by atoms with Crippen LogP contribution < -0.4 is 5.32 Å². The summed E-state index contributed by atoms with van der Waals surface area (Å²) in [5.41, 5.74) is 0.0637. The normalized spacial score (nSPS) is 10.2. The van der Waals surface area contributed by atoms with Gasteiger partial charge in [0.05, 0.1) is 18.1 Å². The van der Waals surface area contributed by atoms with Crippen LogP contribution in [0.5, 0.6) is 0 Å². The molecule has 0 aromatic carbocycles. The van der Waals surface area contributed by atoms with Gasteiger partial charge in [0.25, 0.3) is 0 Å². The van der Waals surface area contributed by atoms with Gasteiger partial charge >= 0.3 is 6.09 Å². The van der Waals surface area contributed by atoms with Gasteiger partial charge in [-0.25, -0.2) is 9.18 Å². The van der Waals surface area contributed by atoms with Crippen LogP contribution in [0.4, 0.5) is 14.9 Å². The lowest BCUT2D eigenvalue weighted by atomic mass is 10.2. The number of hydrogen-bond donors (Lipinski definition) is 1. The number of pyridine rings is 1. The topological polar surface area (TPSA) is 51.2 Å². The lowest BCUT2D eigenvalue weighted by molar-refractivity contribution is 0.0635. The average Bonchev–Trinajstić information content (AvgIpc) is 2.25. The van der Waals surface area contributed by atoms with E-state index in [2.05, 4.69) is 10.3 Å². The van der Waals surface area contributed by atoms with E-state index in [1.54, 1.807) is 27.7 Å². The number of hydrogen-bond acceptors (Lipinski definition) is 3. The number of carbonyl (C=O) groups is 1. The second kappa shape index (κ2) is 6.93. The highest BCUT2D eigenvalue weighted by molar-refractivity contribution is 5.85. The summed E-state index contributed by atoms with van der Waals surface area (Å²) in [6.07, 6.45) is 1.85. The Hall–Kier alpha value is -1.65. The van der Waals surface area contributed by atoms with E-state index in [-0.39, 0.29) is 0 Å². The van der Waals surface area contributed by atoms with Crippen LogP contribution >= 0.6 is 0 Å². The van der Waals surface area contributed by atoms with E-state index in [0.29, 0.717) is 11.3 Å². The smallest absolute Gasteiger partial charge is 0.412 e. The van der Waals surface area contributed by atoms with Gasteiger partial charge < -0.3 is 4.74 Å². The third-order valence-electron chi connectivity index (χ3n) is 1.79. The Morgan fingerprint density at radius 2 is 1.89 bits per heavy atom. The Labute approximate surface area is 108 Å². The van der Waals surface area contributed by atoms with E-state index in [9.17, 15) is 9.18 Å². The van der Waals surface area contributed by atoms with Crippen molar-refractivity contribution in [1.29, 1.82) is 0 Å². The zero-order chi connectivity index (χ0) is 14.3. The van der Waals surface area contributed by atoms with Crippen LogP contribution in [0.1, 0.15) is 40.2 Å². The molecular formula is C13H21FN2O2. The predicted molar refractivity (Wildman–Crippen MR) is 70.1 cm³/mol. The van der Waals surface area contributed by atoms with Gasteiger partial charge in [0.1, 0.15) is 11.4 Å². The SMILES string of the molecule is CC.Cc1c(F)cncc1NC(=O)OC(C)(C)C. The largest absolute Gasteiger partial charge is 0.444 e. The molecule has 1 rings (SSSR count). The molecule has 0 aliphatic rings. The summed E-state index contributed by atoms with van der Waals surface area (Å²) in [6, 6.07) is 0. The first kappa shape index (κ1) is 16.4. The number of carbonyl (C=O) groups excluding carboxylic acids is 1. The molecule has 5 heteroatoms. The predicted octanol–water partition coefficient (Wildman–Crippen LogP) is 3.90. The molecule has 0 aliphatic carbocycles. The fourth-order valence-electron chi connectivity index (χ4n) is 1.04. The van der Waals surface area contributed by atoms with E-state index in [0.717, 1.165) is 6.20 Å². The number of aromatic nitrogens is 1. The maximum absolute atomic E-state index is 13.1. The van der Waals surface area contributed by atoms with Crippen LogP contribution in [0, 0.1) is 12.7 Å². The Morgan fingerprint density at radius 3 is 2.39 bits per heavy atom. The Bertz CT molecular complexity index is 400. The summed E-state index contributed by atoms with van der Waals surface area (Å²) in [5, 5.41) is 2.44. The molecule has 1 amide bonds. The molecule has 0 aliphatic heterocycles. The van der Waals surface area contributed by atoms with Gasteiger partial charge in [0.15, 0.2) is 0 Å². The maximum Gasteiger partial charge on any atom is 0.412 e.